The number of nitrogens with zero attached hydrogens (tertiary/aromatic N) is 1. The van der Waals surface area contributed by atoms with Crippen LogP contribution in [0, 0.1) is 6.17 Å². The third-order valence-electron chi connectivity index (χ3n) is 2.02. The lowest BCUT2D eigenvalue weighted by Crippen LogP contribution is -2.00. The summed E-state index contributed by atoms with van der Waals surface area (Å²) in [5.41, 5.74) is 0.930. The molecule has 0 fully saturated rings. The molecule has 0 aliphatic rings. The largest absolute Gasteiger partial charge is 0.392 e. The highest BCUT2D eigenvalue weighted by Crippen LogP contribution is 2.17. The zero-order valence-corrected chi connectivity index (χ0v) is 7.44. The molecule has 0 amide bonds. The second kappa shape index (κ2) is 3.72. The quantitative estimate of drug-likeness (QED) is 0.786. The number of hydrogen-bond donors (Lipinski definition) is 1. The molecular weight excluding hydrogens is 181 g/mol. The van der Waals surface area contributed by atoms with Gasteiger partial charge in [-0.3, -0.25) is 0 Å². The van der Waals surface area contributed by atoms with Gasteiger partial charge in [-0.1, -0.05) is 24.3 Å². The van der Waals surface area contributed by atoms with Gasteiger partial charge >= 0.3 is 0 Å². The van der Waals surface area contributed by atoms with Crippen LogP contribution in [-0.2, 0) is 0 Å². The number of para-hydroxylation sites is 1. The first kappa shape index (κ1) is 9.09. The van der Waals surface area contributed by atoms with Crippen LogP contribution in [0.3, 0.4) is 0 Å². The van der Waals surface area contributed by atoms with Gasteiger partial charge in [0.25, 0.3) is 0 Å². The van der Waals surface area contributed by atoms with Crippen molar-refractivity contribution in [3.05, 3.63) is 48.3 Å². The van der Waals surface area contributed by atoms with Gasteiger partial charge in [0.15, 0.2) is 0 Å². The Bertz CT molecular complexity index is 444. The van der Waals surface area contributed by atoms with Crippen LogP contribution in [0.2, 0.25) is 0 Å². The van der Waals surface area contributed by atoms with Crippen LogP contribution in [0.15, 0.2) is 36.4 Å². The fraction of sp³-hybridized carbons (Fsp3) is 0.0909. The number of aliphatic hydroxyl groups excluding tert-OH is 1. The van der Waals surface area contributed by atoms with Gasteiger partial charge < -0.3 is 5.11 Å². The highest BCUT2D eigenvalue weighted by atomic mass is 19.1. The zero-order chi connectivity index (χ0) is 9.97. The molecule has 1 aromatic carbocycles. The number of aromatic nitrogens is 1. The smallest absolute Gasteiger partial charge is 0.217 e. The number of rotatable bonds is 2. The minimum atomic E-state index is -0.606. The number of fused-ring (bicyclic) bond motifs is 1. The molecule has 2 nitrogen and oxygen atoms in total. The second-order valence-electron chi connectivity index (χ2n) is 2.95. The number of hydrogen-bond acceptors (Lipinski definition) is 2. The summed E-state index contributed by atoms with van der Waals surface area (Å²) in [4.78, 5) is 4.07. The highest BCUT2D eigenvalue weighted by molar-refractivity contribution is 5.78. The Balaban J connectivity index is 2.51. The monoisotopic (exact) mass is 190 g/mol. The van der Waals surface area contributed by atoms with E-state index in [2.05, 4.69) is 4.98 Å². The zero-order valence-electron chi connectivity index (χ0n) is 7.44. The first-order chi connectivity index (χ1) is 6.81. The van der Waals surface area contributed by atoms with Gasteiger partial charge in [-0.2, -0.15) is 0 Å². The summed E-state index contributed by atoms with van der Waals surface area (Å²) in [5.74, 6) is 0. The lowest BCUT2D eigenvalue weighted by Gasteiger charge is -2.03. The summed E-state index contributed by atoms with van der Waals surface area (Å²) in [6, 6.07) is 10.8. The fourth-order valence-electron chi connectivity index (χ4n) is 1.30. The maximum atomic E-state index is 13.0. The average molecular weight is 190 g/mol. The Morgan fingerprint density at radius 3 is 2.79 bits per heavy atom. The van der Waals surface area contributed by atoms with Crippen LogP contribution >= 0.6 is 0 Å². The predicted octanol–water partition coefficient (Wildman–Crippen LogP) is 2.08. The summed E-state index contributed by atoms with van der Waals surface area (Å²) in [6.45, 7) is -0.606. The van der Waals surface area contributed by atoms with Crippen LogP contribution in [0.25, 0.3) is 10.9 Å². The maximum Gasteiger partial charge on any atom is 0.217 e. The number of aliphatic hydroxyl groups is 1. The van der Waals surface area contributed by atoms with E-state index in [1.54, 1.807) is 12.1 Å². The standard InChI is InChI=1S/C11H9FNO/c12-9(7-14)11-6-5-8-3-1-2-4-10(8)13-11/h1-6,14H,7H2. The lowest BCUT2D eigenvalue weighted by atomic mass is 10.2. The van der Waals surface area contributed by atoms with Crippen molar-refractivity contribution in [2.45, 2.75) is 0 Å². The summed E-state index contributed by atoms with van der Waals surface area (Å²) in [6.07, 6.45) is -0.601. The SMILES string of the molecule is OC[C](F)c1ccc2ccccc2n1. The Morgan fingerprint density at radius 1 is 1.21 bits per heavy atom. The summed E-state index contributed by atoms with van der Waals surface area (Å²) in [7, 11) is 0. The highest BCUT2D eigenvalue weighted by Gasteiger charge is 2.11. The molecule has 0 saturated carbocycles. The third-order valence-corrected chi connectivity index (χ3v) is 2.02. The molecule has 1 radical (unpaired) electrons. The van der Waals surface area contributed by atoms with Gasteiger partial charge in [0.1, 0.15) is 0 Å². The molecule has 71 valence electrons. The number of pyridine rings is 1. The van der Waals surface area contributed by atoms with Crippen molar-refractivity contribution in [3.63, 3.8) is 0 Å². The van der Waals surface area contributed by atoms with Crippen LogP contribution in [0.4, 0.5) is 4.39 Å². The summed E-state index contributed by atoms with van der Waals surface area (Å²) >= 11 is 0. The predicted molar refractivity (Wildman–Crippen MR) is 52.3 cm³/mol. The molecule has 14 heavy (non-hydrogen) atoms. The van der Waals surface area contributed by atoms with Crippen molar-refractivity contribution in [2.24, 2.45) is 0 Å². The van der Waals surface area contributed by atoms with E-state index in [4.69, 9.17) is 5.11 Å². The van der Waals surface area contributed by atoms with Gasteiger partial charge in [-0.15, -0.1) is 0 Å². The topological polar surface area (TPSA) is 33.1 Å². The van der Waals surface area contributed by atoms with E-state index in [0.29, 0.717) is 0 Å². The normalized spacial score (nSPS) is 11.1. The first-order valence-corrected chi connectivity index (χ1v) is 4.29. The van der Waals surface area contributed by atoms with Gasteiger partial charge in [-0.05, 0) is 12.1 Å². The summed E-state index contributed by atoms with van der Waals surface area (Å²) in [5, 5.41) is 9.57. The number of benzene rings is 1. The van der Waals surface area contributed by atoms with E-state index in [9.17, 15) is 4.39 Å². The van der Waals surface area contributed by atoms with Crippen molar-refractivity contribution in [1.82, 2.24) is 4.98 Å². The van der Waals surface area contributed by atoms with Crippen molar-refractivity contribution in [1.29, 1.82) is 0 Å². The molecule has 1 aromatic heterocycles. The third kappa shape index (κ3) is 1.59. The molecule has 0 spiro atoms. The molecule has 2 rings (SSSR count). The van der Waals surface area contributed by atoms with Crippen molar-refractivity contribution in [2.75, 3.05) is 6.61 Å². The summed E-state index contributed by atoms with van der Waals surface area (Å²) < 4.78 is 13.0. The Hall–Kier alpha value is -1.48. The molecule has 3 heteroatoms. The van der Waals surface area contributed by atoms with Crippen LogP contribution in [0.5, 0.6) is 0 Å². The molecule has 1 heterocycles. The molecule has 0 aliphatic heterocycles. The van der Waals surface area contributed by atoms with Crippen molar-refractivity contribution in [3.8, 4) is 0 Å². The Morgan fingerprint density at radius 2 is 2.00 bits per heavy atom. The van der Waals surface area contributed by atoms with Gasteiger partial charge in [0, 0.05) is 5.39 Å². The van der Waals surface area contributed by atoms with E-state index < -0.39 is 12.8 Å². The minimum absolute atomic E-state index is 0.200. The lowest BCUT2D eigenvalue weighted by molar-refractivity contribution is 0.263. The minimum Gasteiger partial charge on any atom is -0.392 e. The molecule has 0 unspecified atom stereocenters. The fourth-order valence-corrected chi connectivity index (χ4v) is 1.30. The van der Waals surface area contributed by atoms with E-state index >= 15 is 0 Å². The number of halogens is 1. The maximum absolute atomic E-state index is 13.0. The molecule has 2 aromatic rings. The van der Waals surface area contributed by atoms with Gasteiger partial charge in [-0.25, -0.2) is 9.37 Å². The van der Waals surface area contributed by atoms with Crippen molar-refractivity contribution < 1.29 is 9.50 Å². The first-order valence-electron chi connectivity index (χ1n) is 4.29. The second-order valence-corrected chi connectivity index (χ2v) is 2.95. The van der Waals surface area contributed by atoms with Gasteiger partial charge in [0.05, 0.1) is 17.8 Å². The Kier molecular flexibility index (Phi) is 2.41. The molecule has 0 aliphatic carbocycles. The molecule has 0 saturated heterocycles. The van der Waals surface area contributed by atoms with Crippen LogP contribution in [-0.4, -0.2) is 16.7 Å². The van der Waals surface area contributed by atoms with Crippen LogP contribution in [0.1, 0.15) is 5.69 Å². The van der Waals surface area contributed by atoms with Crippen molar-refractivity contribution >= 4 is 10.9 Å². The van der Waals surface area contributed by atoms with E-state index in [1.807, 2.05) is 24.3 Å². The molecule has 0 atom stereocenters. The van der Waals surface area contributed by atoms with Crippen LogP contribution < -0.4 is 0 Å². The molecule has 0 bridgehead atoms. The Labute approximate surface area is 81.0 Å². The average Bonchev–Trinajstić information content (AvgIpc) is 2.27. The van der Waals surface area contributed by atoms with E-state index in [-0.39, 0.29) is 5.69 Å². The van der Waals surface area contributed by atoms with E-state index in [0.717, 1.165) is 10.9 Å². The van der Waals surface area contributed by atoms with Gasteiger partial charge in [0.2, 0.25) is 6.17 Å². The molecular formula is C11H9FNO. The molecule has 1 N–H and O–H groups in total. The van der Waals surface area contributed by atoms with E-state index in [1.165, 1.54) is 0 Å².